The van der Waals surface area contributed by atoms with E-state index in [0.717, 1.165) is 10.8 Å². The fourth-order valence-electron chi connectivity index (χ4n) is 3.14. The van der Waals surface area contributed by atoms with Gasteiger partial charge >= 0.3 is 5.69 Å². The molecule has 3 atom stereocenters. The highest BCUT2D eigenvalue weighted by Crippen LogP contribution is 2.40. The van der Waals surface area contributed by atoms with E-state index in [1.807, 2.05) is 20.8 Å². The second-order valence-electron chi connectivity index (χ2n) is 8.05. The Morgan fingerprint density at radius 2 is 2.04 bits per heavy atom. The monoisotopic (exact) mass is 403 g/mol. The molecular formula is C16H25N3O7S. The molecule has 0 saturated carbocycles. The number of ether oxygens (including phenoxy) is 1. The summed E-state index contributed by atoms with van der Waals surface area (Å²) in [6.45, 7) is 7.19. The minimum absolute atomic E-state index is 0.165. The molecule has 2 rings (SSSR count). The number of hydrogen-bond donors (Lipinski definition) is 2. The Balaban J connectivity index is 2.60. The normalized spacial score (nSPS) is 26.3. The molecule has 2 heterocycles. The third-order valence-electron chi connectivity index (χ3n) is 4.25. The van der Waals surface area contributed by atoms with Crippen molar-refractivity contribution in [1.29, 1.82) is 0 Å². The van der Waals surface area contributed by atoms with Crippen molar-refractivity contribution < 1.29 is 22.1 Å². The fraction of sp³-hybridized carbons (Fsp3) is 0.688. The number of primary amides is 1. The number of nitrogens with zero attached hydrogens (tertiary/aromatic N) is 1. The maximum atomic E-state index is 12.3. The number of amides is 1. The van der Waals surface area contributed by atoms with Crippen molar-refractivity contribution >= 4 is 16.0 Å². The number of aromatic amines is 1. The van der Waals surface area contributed by atoms with Crippen molar-refractivity contribution in [3.05, 3.63) is 32.6 Å². The summed E-state index contributed by atoms with van der Waals surface area (Å²) in [5, 5.41) is 0. The van der Waals surface area contributed by atoms with Gasteiger partial charge in [-0.2, -0.15) is 8.42 Å². The van der Waals surface area contributed by atoms with Crippen molar-refractivity contribution in [2.75, 3.05) is 6.26 Å². The molecule has 0 spiro atoms. The van der Waals surface area contributed by atoms with Crippen LogP contribution in [0, 0.1) is 12.3 Å². The molecule has 10 nitrogen and oxygen atoms in total. The molecule has 1 aromatic heterocycles. The van der Waals surface area contributed by atoms with E-state index in [2.05, 4.69) is 4.98 Å². The first kappa shape index (κ1) is 21.3. The van der Waals surface area contributed by atoms with Crippen LogP contribution >= 0.6 is 0 Å². The Hall–Kier alpha value is -1.98. The average molecular weight is 403 g/mol. The van der Waals surface area contributed by atoms with E-state index >= 15 is 0 Å². The van der Waals surface area contributed by atoms with Gasteiger partial charge in [0.1, 0.15) is 6.10 Å². The van der Waals surface area contributed by atoms with Crippen LogP contribution in [-0.2, 0) is 29.6 Å². The molecule has 1 amide bonds. The van der Waals surface area contributed by atoms with Crippen LogP contribution in [0.4, 0.5) is 0 Å². The zero-order valence-corrected chi connectivity index (χ0v) is 16.8. The lowest BCUT2D eigenvalue weighted by atomic mass is 9.87. The van der Waals surface area contributed by atoms with Crippen LogP contribution in [0.15, 0.2) is 15.8 Å². The van der Waals surface area contributed by atoms with Gasteiger partial charge in [-0.1, -0.05) is 20.8 Å². The van der Waals surface area contributed by atoms with Crippen LogP contribution in [0.3, 0.4) is 0 Å². The minimum atomic E-state index is -3.86. The van der Waals surface area contributed by atoms with Gasteiger partial charge in [0.25, 0.3) is 21.6 Å². The number of aryl methyl sites for hydroxylation is 1. The Labute approximate surface area is 156 Å². The van der Waals surface area contributed by atoms with Crippen molar-refractivity contribution in [3.63, 3.8) is 0 Å². The first-order valence-electron chi connectivity index (χ1n) is 8.34. The molecule has 1 aromatic rings. The smallest absolute Gasteiger partial charge is 0.331 e. The number of carbonyl (C=O) groups excluding carboxylic acids is 1. The van der Waals surface area contributed by atoms with Crippen LogP contribution in [0.25, 0.3) is 0 Å². The molecule has 1 fully saturated rings. The Morgan fingerprint density at radius 1 is 1.44 bits per heavy atom. The summed E-state index contributed by atoms with van der Waals surface area (Å²) in [7, 11) is -3.86. The summed E-state index contributed by atoms with van der Waals surface area (Å²) in [5.74, 6) is -0.991. The summed E-state index contributed by atoms with van der Waals surface area (Å²) in [6.07, 6.45) is 0.281. The van der Waals surface area contributed by atoms with Gasteiger partial charge in [0.15, 0.2) is 0 Å². The van der Waals surface area contributed by atoms with Crippen molar-refractivity contribution in [3.8, 4) is 0 Å². The Morgan fingerprint density at radius 3 is 2.52 bits per heavy atom. The Bertz CT molecular complexity index is 957. The molecule has 1 saturated heterocycles. The number of nitrogens with one attached hydrogen (secondary N) is 1. The van der Waals surface area contributed by atoms with Crippen LogP contribution < -0.4 is 17.0 Å². The lowest BCUT2D eigenvalue weighted by molar-refractivity contribution is -0.160. The van der Waals surface area contributed by atoms with Crippen molar-refractivity contribution in [1.82, 2.24) is 9.55 Å². The summed E-state index contributed by atoms with van der Waals surface area (Å²) >= 11 is 0. The van der Waals surface area contributed by atoms with Gasteiger partial charge in [-0.3, -0.25) is 23.3 Å². The van der Waals surface area contributed by atoms with Crippen LogP contribution in [0.1, 0.15) is 39.2 Å². The van der Waals surface area contributed by atoms with Gasteiger partial charge in [-0.25, -0.2) is 4.79 Å². The number of H-pyrrole nitrogens is 1. The predicted octanol–water partition coefficient (Wildman–Crippen LogP) is -0.447. The van der Waals surface area contributed by atoms with Gasteiger partial charge in [-0.15, -0.1) is 0 Å². The maximum Gasteiger partial charge on any atom is 0.331 e. The molecule has 0 bridgehead atoms. The number of rotatable bonds is 5. The third kappa shape index (κ3) is 4.66. The summed E-state index contributed by atoms with van der Waals surface area (Å²) in [6, 6.07) is 0. The summed E-state index contributed by atoms with van der Waals surface area (Å²) < 4.78 is 35.3. The summed E-state index contributed by atoms with van der Waals surface area (Å²) in [4.78, 5) is 38.4. The zero-order valence-electron chi connectivity index (χ0n) is 15.9. The van der Waals surface area contributed by atoms with Gasteiger partial charge < -0.3 is 10.5 Å². The van der Waals surface area contributed by atoms with Crippen LogP contribution in [0.2, 0.25) is 0 Å². The van der Waals surface area contributed by atoms with Crippen LogP contribution in [0.5, 0.6) is 0 Å². The number of hydrogen-bond acceptors (Lipinski definition) is 7. The molecule has 27 heavy (non-hydrogen) atoms. The highest BCUT2D eigenvalue weighted by Gasteiger charge is 2.55. The van der Waals surface area contributed by atoms with Crippen LogP contribution in [-0.4, -0.2) is 42.3 Å². The highest BCUT2D eigenvalue weighted by atomic mass is 32.2. The molecule has 1 aliphatic rings. The lowest BCUT2D eigenvalue weighted by Crippen LogP contribution is -2.52. The number of aromatic nitrogens is 2. The molecule has 3 N–H and O–H groups in total. The highest BCUT2D eigenvalue weighted by molar-refractivity contribution is 7.86. The van der Waals surface area contributed by atoms with Gasteiger partial charge in [0.2, 0.25) is 5.72 Å². The van der Waals surface area contributed by atoms with E-state index < -0.39 is 45.2 Å². The molecular weight excluding hydrogens is 378 g/mol. The fourth-order valence-corrected chi connectivity index (χ4v) is 3.78. The SMILES string of the molecule is Cc1cn([C@@]2(C(N)=O)C[C@H](OS(C)(=O)=O)[C@@H](CC(C)(C)C)O2)c(=O)[nH]c1=O. The van der Waals surface area contributed by atoms with E-state index in [1.165, 1.54) is 13.1 Å². The molecule has 1 aliphatic heterocycles. The van der Waals surface area contributed by atoms with E-state index in [0.29, 0.717) is 6.42 Å². The summed E-state index contributed by atoms with van der Waals surface area (Å²) in [5.41, 5.74) is 1.96. The largest absolute Gasteiger partial charge is 0.365 e. The van der Waals surface area contributed by atoms with Gasteiger partial charge in [0, 0.05) is 18.2 Å². The first-order chi connectivity index (χ1) is 12.1. The standard InChI is InChI=1S/C16H25N3O7S/c1-9-8-19(14(22)18-12(9)20)16(13(17)21)7-11(26-27(5,23)24)10(25-16)6-15(2,3)4/h8,10-11H,6-7H2,1-5H3,(H2,17,21)(H,18,20,22)/t10-,11+,16+/m1/s1. The minimum Gasteiger partial charge on any atom is -0.365 e. The van der Waals surface area contributed by atoms with E-state index in [9.17, 15) is 22.8 Å². The van der Waals surface area contributed by atoms with Gasteiger partial charge in [0.05, 0.1) is 12.4 Å². The first-order valence-corrected chi connectivity index (χ1v) is 10.2. The zero-order chi connectivity index (χ0) is 20.8. The quantitative estimate of drug-likeness (QED) is 0.632. The maximum absolute atomic E-state index is 12.3. The second kappa shape index (κ2) is 6.88. The predicted molar refractivity (Wildman–Crippen MR) is 96.5 cm³/mol. The third-order valence-corrected chi connectivity index (χ3v) is 4.84. The average Bonchev–Trinajstić information content (AvgIpc) is 2.78. The molecule has 0 unspecified atom stereocenters. The van der Waals surface area contributed by atoms with E-state index in [4.69, 9.17) is 14.7 Å². The molecule has 152 valence electrons. The second-order valence-corrected chi connectivity index (χ2v) is 9.65. The Kier molecular flexibility index (Phi) is 5.43. The molecule has 0 radical (unpaired) electrons. The van der Waals surface area contributed by atoms with E-state index in [1.54, 1.807) is 0 Å². The van der Waals surface area contributed by atoms with E-state index in [-0.39, 0.29) is 17.4 Å². The number of nitrogens with two attached hydrogens (primary N) is 1. The molecule has 0 aromatic carbocycles. The number of carbonyl (C=O) groups is 1. The molecule has 11 heteroatoms. The lowest BCUT2D eigenvalue weighted by Gasteiger charge is -2.29. The van der Waals surface area contributed by atoms with Crippen molar-refractivity contribution in [2.24, 2.45) is 11.1 Å². The molecule has 0 aliphatic carbocycles. The van der Waals surface area contributed by atoms with Gasteiger partial charge in [-0.05, 0) is 18.8 Å². The topological polar surface area (TPSA) is 151 Å². The van der Waals surface area contributed by atoms with Crippen molar-refractivity contribution in [2.45, 2.75) is 58.5 Å².